The van der Waals surface area contributed by atoms with E-state index in [0.29, 0.717) is 36.1 Å². The molecule has 0 aliphatic carbocycles. The van der Waals surface area contributed by atoms with E-state index in [0.717, 1.165) is 23.4 Å². The van der Waals surface area contributed by atoms with E-state index in [1.807, 2.05) is 6.07 Å². The molecule has 1 aliphatic heterocycles. The predicted octanol–water partition coefficient (Wildman–Crippen LogP) is 3.51. The zero-order valence-electron chi connectivity index (χ0n) is 16.0. The molecule has 0 aromatic carbocycles. The number of aryl methyl sites for hydroxylation is 1. The Morgan fingerprint density at radius 2 is 1.86 bits per heavy atom. The maximum absolute atomic E-state index is 13.1. The lowest BCUT2D eigenvalue weighted by molar-refractivity contribution is -0.141. The lowest BCUT2D eigenvalue weighted by atomic mass is 10.1. The van der Waals surface area contributed by atoms with Crippen molar-refractivity contribution in [3.63, 3.8) is 0 Å². The van der Waals surface area contributed by atoms with Crippen molar-refractivity contribution in [3.8, 4) is 11.6 Å². The van der Waals surface area contributed by atoms with Gasteiger partial charge in [0.25, 0.3) is 0 Å². The number of ether oxygens (including phenoxy) is 2. The van der Waals surface area contributed by atoms with Crippen molar-refractivity contribution in [1.29, 1.82) is 0 Å². The van der Waals surface area contributed by atoms with Gasteiger partial charge in [-0.05, 0) is 13.0 Å². The van der Waals surface area contributed by atoms with Gasteiger partial charge in [0.05, 0.1) is 19.5 Å². The van der Waals surface area contributed by atoms with Crippen LogP contribution < -0.4 is 14.4 Å². The number of imidazole rings is 1. The average Bonchev–Trinajstić information content (AvgIpc) is 3.12. The van der Waals surface area contributed by atoms with Crippen LogP contribution in [0.1, 0.15) is 24.1 Å². The molecule has 0 atom stereocenters. The van der Waals surface area contributed by atoms with Gasteiger partial charge < -0.3 is 14.4 Å². The quantitative estimate of drug-likeness (QED) is 0.660. The summed E-state index contributed by atoms with van der Waals surface area (Å²) in [4.78, 5) is 14.4. The fourth-order valence-electron chi connectivity index (χ4n) is 3.46. The first-order chi connectivity index (χ1) is 13.8. The molecular weight excluding hydrogens is 387 g/mol. The number of methoxy groups -OCH3 is 1. The number of aromatic nitrogens is 4. The molecular formula is C19H20F3N5O2. The number of rotatable bonds is 4. The van der Waals surface area contributed by atoms with Crippen LogP contribution in [0.15, 0.2) is 30.7 Å². The van der Waals surface area contributed by atoms with Crippen molar-refractivity contribution in [2.24, 2.45) is 0 Å². The van der Waals surface area contributed by atoms with Gasteiger partial charge in [-0.3, -0.25) is 4.40 Å². The second-order valence-electron chi connectivity index (χ2n) is 6.90. The molecule has 3 aromatic heterocycles. The van der Waals surface area contributed by atoms with E-state index in [-0.39, 0.29) is 11.9 Å². The maximum Gasteiger partial charge on any atom is 0.433 e. The minimum atomic E-state index is -4.47. The van der Waals surface area contributed by atoms with Crippen molar-refractivity contribution in [2.75, 3.05) is 25.1 Å². The zero-order valence-corrected chi connectivity index (χ0v) is 16.0. The lowest BCUT2D eigenvalue weighted by Crippen LogP contribution is -2.39. The molecule has 0 unspecified atom stereocenters. The fourth-order valence-corrected chi connectivity index (χ4v) is 3.46. The molecule has 0 amide bonds. The highest BCUT2D eigenvalue weighted by Crippen LogP contribution is 2.31. The molecule has 0 radical (unpaired) electrons. The molecule has 4 heterocycles. The number of hydrogen-bond donors (Lipinski definition) is 0. The third-order valence-electron chi connectivity index (χ3n) is 4.91. The number of alkyl halides is 3. The zero-order chi connectivity index (χ0) is 20.6. The highest BCUT2D eigenvalue weighted by molar-refractivity contribution is 5.51. The largest absolute Gasteiger partial charge is 0.489 e. The van der Waals surface area contributed by atoms with Gasteiger partial charge in [-0.1, -0.05) is 0 Å². The molecule has 7 nitrogen and oxygen atoms in total. The van der Waals surface area contributed by atoms with E-state index in [1.165, 1.54) is 6.20 Å². The van der Waals surface area contributed by atoms with E-state index >= 15 is 0 Å². The van der Waals surface area contributed by atoms with Gasteiger partial charge in [-0.15, -0.1) is 0 Å². The predicted molar refractivity (Wildman–Crippen MR) is 99.4 cm³/mol. The lowest BCUT2D eigenvalue weighted by Gasteiger charge is -2.33. The number of fused-ring (bicyclic) bond motifs is 1. The van der Waals surface area contributed by atoms with Gasteiger partial charge in [-0.25, -0.2) is 9.97 Å². The van der Waals surface area contributed by atoms with Gasteiger partial charge >= 0.3 is 6.18 Å². The summed E-state index contributed by atoms with van der Waals surface area (Å²) in [6, 6.07) is 3.56. The van der Waals surface area contributed by atoms with E-state index in [1.54, 1.807) is 26.3 Å². The van der Waals surface area contributed by atoms with Crippen molar-refractivity contribution in [1.82, 2.24) is 19.4 Å². The highest BCUT2D eigenvalue weighted by atomic mass is 19.4. The Kier molecular flexibility index (Phi) is 4.93. The number of anilines is 1. The Morgan fingerprint density at radius 3 is 2.48 bits per heavy atom. The number of halogens is 3. The average molecular weight is 407 g/mol. The molecule has 10 heteroatoms. The van der Waals surface area contributed by atoms with E-state index < -0.39 is 11.9 Å². The van der Waals surface area contributed by atoms with Crippen LogP contribution in [0.5, 0.6) is 11.6 Å². The first-order valence-corrected chi connectivity index (χ1v) is 9.18. The highest BCUT2D eigenvalue weighted by Gasteiger charge is 2.35. The van der Waals surface area contributed by atoms with Gasteiger partial charge in [0.15, 0.2) is 0 Å². The van der Waals surface area contributed by atoms with E-state index in [2.05, 4.69) is 19.9 Å². The van der Waals surface area contributed by atoms with Crippen molar-refractivity contribution in [3.05, 3.63) is 42.0 Å². The van der Waals surface area contributed by atoms with Crippen molar-refractivity contribution >= 4 is 11.6 Å². The van der Waals surface area contributed by atoms with Crippen LogP contribution in [0.3, 0.4) is 0 Å². The standard InChI is InChI=1S/C19H20F3N5O2/c1-12-11-27-15(19(20,21)22)10-24-18(27)25-17(12)26-7-5-13(6-8-26)29-14-3-4-16(28-2)23-9-14/h3-4,9-11,13H,5-8H2,1-2H3. The first-order valence-electron chi connectivity index (χ1n) is 9.18. The summed E-state index contributed by atoms with van der Waals surface area (Å²) in [5.41, 5.74) is -0.158. The molecule has 4 rings (SSSR count). The molecule has 0 N–H and O–H groups in total. The maximum atomic E-state index is 13.1. The minimum absolute atomic E-state index is 0.0359. The van der Waals surface area contributed by atoms with Crippen molar-refractivity contribution < 1.29 is 22.6 Å². The van der Waals surface area contributed by atoms with E-state index in [9.17, 15) is 13.2 Å². The summed E-state index contributed by atoms with van der Waals surface area (Å²) in [5.74, 6) is 1.90. The van der Waals surface area contributed by atoms with Gasteiger partial charge in [0, 0.05) is 43.8 Å². The van der Waals surface area contributed by atoms with Crippen LogP contribution >= 0.6 is 0 Å². The number of pyridine rings is 1. The van der Waals surface area contributed by atoms with E-state index in [4.69, 9.17) is 9.47 Å². The summed E-state index contributed by atoms with van der Waals surface area (Å²) in [6.07, 6.45) is 0.978. The van der Waals surface area contributed by atoms with Crippen LogP contribution in [-0.4, -0.2) is 45.7 Å². The molecule has 1 saturated heterocycles. The van der Waals surface area contributed by atoms with Crippen LogP contribution in [0.2, 0.25) is 0 Å². The van der Waals surface area contributed by atoms with Crippen molar-refractivity contribution in [2.45, 2.75) is 32.0 Å². The third kappa shape index (κ3) is 3.92. The second-order valence-corrected chi connectivity index (χ2v) is 6.90. The molecule has 154 valence electrons. The van der Waals surface area contributed by atoms with Crippen LogP contribution in [0, 0.1) is 6.92 Å². The Morgan fingerprint density at radius 1 is 1.10 bits per heavy atom. The molecule has 0 bridgehead atoms. The SMILES string of the molecule is COc1ccc(OC2CCN(c3nc4ncc(C(F)(F)F)n4cc3C)CC2)cn1. The first kappa shape index (κ1) is 19.3. The Bertz CT molecular complexity index is 995. The molecule has 0 spiro atoms. The summed E-state index contributed by atoms with van der Waals surface area (Å²) in [5, 5.41) is 0. The Labute approximate surface area is 165 Å². The third-order valence-corrected chi connectivity index (χ3v) is 4.91. The number of piperidine rings is 1. The fraction of sp³-hybridized carbons (Fsp3) is 0.421. The summed E-state index contributed by atoms with van der Waals surface area (Å²) >= 11 is 0. The smallest absolute Gasteiger partial charge is 0.433 e. The summed E-state index contributed by atoms with van der Waals surface area (Å²) in [6.45, 7) is 3.13. The molecule has 29 heavy (non-hydrogen) atoms. The monoisotopic (exact) mass is 407 g/mol. The molecule has 1 fully saturated rings. The normalized spacial score (nSPS) is 15.7. The second kappa shape index (κ2) is 7.41. The van der Waals surface area contributed by atoms with Crippen LogP contribution in [0.4, 0.5) is 19.0 Å². The number of hydrogen-bond acceptors (Lipinski definition) is 6. The molecule has 0 saturated carbocycles. The molecule has 3 aromatic rings. The molecule has 1 aliphatic rings. The minimum Gasteiger partial charge on any atom is -0.489 e. The summed E-state index contributed by atoms with van der Waals surface area (Å²) in [7, 11) is 1.55. The van der Waals surface area contributed by atoms with Gasteiger partial charge in [0.1, 0.15) is 23.4 Å². The topological polar surface area (TPSA) is 64.8 Å². The van der Waals surface area contributed by atoms with Gasteiger partial charge in [0.2, 0.25) is 11.7 Å². The number of nitrogens with zero attached hydrogens (tertiary/aromatic N) is 5. The Hall–Kier alpha value is -3.04. The van der Waals surface area contributed by atoms with Crippen LogP contribution in [-0.2, 0) is 6.18 Å². The van der Waals surface area contributed by atoms with Crippen LogP contribution in [0.25, 0.3) is 5.78 Å². The summed E-state index contributed by atoms with van der Waals surface area (Å²) < 4.78 is 51.2. The Balaban J connectivity index is 1.45. The van der Waals surface area contributed by atoms with Gasteiger partial charge in [-0.2, -0.15) is 18.2 Å².